The quantitative estimate of drug-likeness (QED) is 0.820. The van der Waals surface area contributed by atoms with Crippen LogP contribution in [0, 0.1) is 5.41 Å². The van der Waals surface area contributed by atoms with Crippen molar-refractivity contribution in [2.24, 2.45) is 10.4 Å². The van der Waals surface area contributed by atoms with Crippen molar-refractivity contribution in [1.29, 1.82) is 0 Å². The van der Waals surface area contributed by atoms with Crippen molar-refractivity contribution in [3.63, 3.8) is 0 Å². The van der Waals surface area contributed by atoms with E-state index in [2.05, 4.69) is 54.7 Å². The predicted molar refractivity (Wildman–Crippen MR) is 80.4 cm³/mol. The van der Waals surface area contributed by atoms with E-state index in [-0.39, 0.29) is 0 Å². The van der Waals surface area contributed by atoms with Crippen LogP contribution in [0.3, 0.4) is 0 Å². The lowest BCUT2D eigenvalue weighted by Gasteiger charge is -2.27. The average molecular weight is 266 g/mol. The maximum Gasteiger partial charge on any atom is 0.161 e. The lowest BCUT2D eigenvalue weighted by molar-refractivity contribution is 0.438. The number of anilines is 1. The molecule has 0 aliphatic carbocycles. The van der Waals surface area contributed by atoms with Crippen molar-refractivity contribution in [1.82, 2.24) is 0 Å². The Bertz CT molecular complexity index is 427. The molecule has 1 aromatic rings. The molecular weight excluding hydrogens is 248 g/mol. The Hall–Kier alpha value is -0.610. The van der Waals surface area contributed by atoms with Gasteiger partial charge in [-0.05, 0) is 29.9 Å². The Morgan fingerprint density at radius 2 is 2.24 bits per heavy atom. The van der Waals surface area contributed by atoms with Crippen molar-refractivity contribution in [2.45, 2.75) is 18.7 Å². The van der Waals surface area contributed by atoms with E-state index < -0.39 is 0 Å². The van der Waals surface area contributed by atoms with E-state index in [4.69, 9.17) is 0 Å². The summed E-state index contributed by atoms with van der Waals surface area (Å²) in [5.41, 5.74) is 1.46. The molecule has 1 heterocycles. The number of hydrogen-bond donors (Lipinski definition) is 1. The highest BCUT2D eigenvalue weighted by molar-refractivity contribution is 8.14. The summed E-state index contributed by atoms with van der Waals surface area (Å²) in [5.74, 6) is 1.13. The van der Waals surface area contributed by atoms with Crippen molar-refractivity contribution >= 4 is 34.4 Å². The van der Waals surface area contributed by atoms with E-state index in [0.29, 0.717) is 5.41 Å². The van der Waals surface area contributed by atoms with E-state index in [0.717, 1.165) is 23.2 Å². The van der Waals surface area contributed by atoms with Gasteiger partial charge in [0.15, 0.2) is 5.17 Å². The van der Waals surface area contributed by atoms with E-state index in [1.165, 1.54) is 4.90 Å². The topological polar surface area (TPSA) is 24.4 Å². The lowest BCUT2D eigenvalue weighted by atomic mass is 9.97. The molecule has 17 heavy (non-hydrogen) atoms. The fourth-order valence-corrected chi connectivity index (χ4v) is 2.96. The zero-order valence-corrected chi connectivity index (χ0v) is 12.1. The molecule has 0 amide bonds. The molecule has 0 saturated heterocycles. The Balaban J connectivity index is 2.04. The summed E-state index contributed by atoms with van der Waals surface area (Å²) < 4.78 is 0. The van der Waals surface area contributed by atoms with Crippen LogP contribution in [-0.2, 0) is 0 Å². The number of thioether (sulfide) groups is 2. The summed E-state index contributed by atoms with van der Waals surface area (Å²) in [5, 5.41) is 4.44. The summed E-state index contributed by atoms with van der Waals surface area (Å²) in [6, 6.07) is 8.44. The van der Waals surface area contributed by atoms with Gasteiger partial charge in [-0.25, -0.2) is 0 Å². The Labute approximate surface area is 112 Å². The van der Waals surface area contributed by atoms with Crippen LogP contribution in [0.2, 0.25) is 0 Å². The van der Waals surface area contributed by atoms with Gasteiger partial charge in [-0.3, -0.25) is 4.99 Å². The minimum absolute atomic E-state index is 0.330. The maximum absolute atomic E-state index is 4.59. The van der Waals surface area contributed by atoms with Gasteiger partial charge in [0, 0.05) is 22.9 Å². The summed E-state index contributed by atoms with van der Waals surface area (Å²) in [6.45, 7) is 5.42. The van der Waals surface area contributed by atoms with Gasteiger partial charge in [-0.15, -0.1) is 11.8 Å². The molecule has 2 nitrogen and oxygen atoms in total. The predicted octanol–water partition coefficient (Wildman–Crippen LogP) is 3.95. The molecule has 92 valence electrons. The number of aliphatic imine (C=N–C) groups is 1. The first-order valence-corrected chi connectivity index (χ1v) is 7.88. The van der Waals surface area contributed by atoms with Crippen molar-refractivity contribution in [2.75, 3.05) is 23.9 Å². The molecule has 4 heteroatoms. The molecule has 0 fully saturated rings. The van der Waals surface area contributed by atoms with Gasteiger partial charge in [-0.1, -0.05) is 31.7 Å². The standard InChI is InChI=1S/C13H18N2S2/c1-13(2)8-14-12(17-9-13)15-10-5-4-6-11(7-10)16-3/h4-7H,8-9H2,1-3H3,(H,14,15). The Morgan fingerprint density at radius 3 is 2.88 bits per heavy atom. The number of amidine groups is 1. The number of nitrogens with zero attached hydrogens (tertiary/aromatic N) is 1. The second kappa shape index (κ2) is 5.36. The molecule has 0 bridgehead atoms. The summed E-state index contributed by atoms with van der Waals surface area (Å²) in [7, 11) is 0. The highest BCUT2D eigenvalue weighted by Gasteiger charge is 2.23. The van der Waals surface area contributed by atoms with Gasteiger partial charge in [0.2, 0.25) is 0 Å². The molecule has 0 unspecified atom stereocenters. The third-order valence-corrected chi connectivity index (χ3v) is 4.73. The van der Waals surface area contributed by atoms with Crippen molar-refractivity contribution < 1.29 is 0 Å². The highest BCUT2D eigenvalue weighted by atomic mass is 32.2. The molecule has 1 aliphatic rings. The van der Waals surface area contributed by atoms with Crippen LogP contribution in [0.15, 0.2) is 34.2 Å². The molecule has 0 spiro atoms. The summed E-state index contributed by atoms with van der Waals surface area (Å²) in [4.78, 5) is 5.87. The smallest absolute Gasteiger partial charge is 0.161 e. The number of nitrogens with one attached hydrogen (secondary N) is 1. The molecule has 1 aliphatic heterocycles. The zero-order valence-electron chi connectivity index (χ0n) is 10.5. The first-order valence-electron chi connectivity index (χ1n) is 5.67. The van der Waals surface area contributed by atoms with Gasteiger partial charge in [0.1, 0.15) is 0 Å². The first-order chi connectivity index (χ1) is 8.09. The minimum Gasteiger partial charge on any atom is -0.335 e. The molecule has 0 aromatic heterocycles. The highest BCUT2D eigenvalue weighted by Crippen LogP contribution is 2.29. The Kier molecular flexibility index (Phi) is 4.05. The fraction of sp³-hybridized carbons (Fsp3) is 0.462. The van der Waals surface area contributed by atoms with Crippen molar-refractivity contribution in [3.05, 3.63) is 24.3 Å². The minimum atomic E-state index is 0.330. The van der Waals surface area contributed by atoms with Crippen LogP contribution >= 0.6 is 23.5 Å². The lowest BCUT2D eigenvalue weighted by Crippen LogP contribution is -2.27. The largest absolute Gasteiger partial charge is 0.335 e. The maximum atomic E-state index is 4.59. The normalized spacial score (nSPS) is 18.6. The first kappa shape index (κ1) is 12.8. The molecule has 0 radical (unpaired) electrons. The van der Waals surface area contributed by atoms with Gasteiger partial charge in [0.05, 0.1) is 0 Å². The van der Waals surface area contributed by atoms with E-state index in [1.807, 2.05) is 11.8 Å². The summed E-state index contributed by atoms with van der Waals surface area (Å²) in [6.07, 6.45) is 2.09. The monoisotopic (exact) mass is 266 g/mol. The Morgan fingerprint density at radius 1 is 1.41 bits per heavy atom. The number of rotatable bonds is 2. The van der Waals surface area contributed by atoms with Crippen LogP contribution in [0.5, 0.6) is 0 Å². The molecule has 0 atom stereocenters. The van der Waals surface area contributed by atoms with Crippen LogP contribution in [0.25, 0.3) is 0 Å². The SMILES string of the molecule is CSc1cccc(NC2=NCC(C)(C)CS2)c1. The van der Waals surface area contributed by atoms with E-state index in [9.17, 15) is 0 Å². The van der Waals surface area contributed by atoms with Gasteiger partial charge >= 0.3 is 0 Å². The molecule has 2 rings (SSSR count). The average Bonchev–Trinajstić information content (AvgIpc) is 2.32. The van der Waals surface area contributed by atoms with Crippen LogP contribution in [0.4, 0.5) is 5.69 Å². The van der Waals surface area contributed by atoms with Gasteiger partial charge in [-0.2, -0.15) is 0 Å². The second-order valence-electron chi connectivity index (χ2n) is 4.93. The fourth-order valence-electron chi connectivity index (χ4n) is 1.54. The van der Waals surface area contributed by atoms with Crippen LogP contribution in [-0.4, -0.2) is 23.7 Å². The van der Waals surface area contributed by atoms with E-state index in [1.54, 1.807) is 11.8 Å². The number of hydrogen-bond acceptors (Lipinski definition) is 4. The van der Waals surface area contributed by atoms with Crippen LogP contribution < -0.4 is 5.32 Å². The van der Waals surface area contributed by atoms with E-state index >= 15 is 0 Å². The molecular formula is C13H18N2S2. The molecule has 1 aromatic carbocycles. The third-order valence-electron chi connectivity index (χ3n) is 2.57. The molecule has 1 N–H and O–H groups in total. The van der Waals surface area contributed by atoms with Gasteiger partial charge < -0.3 is 5.32 Å². The van der Waals surface area contributed by atoms with Gasteiger partial charge in [0.25, 0.3) is 0 Å². The zero-order chi connectivity index (χ0) is 12.3. The summed E-state index contributed by atoms with van der Waals surface area (Å²) >= 11 is 3.57. The second-order valence-corrected chi connectivity index (χ2v) is 6.77. The third kappa shape index (κ3) is 3.68. The number of benzene rings is 1. The van der Waals surface area contributed by atoms with Crippen molar-refractivity contribution in [3.8, 4) is 0 Å². The molecule has 0 saturated carbocycles. The van der Waals surface area contributed by atoms with Crippen LogP contribution in [0.1, 0.15) is 13.8 Å².